The highest BCUT2D eigenvalue weighted by Crippen LogP contribution is 2.16. The van der Waals surface area contributed by atoms with Gasteiger partial charge in [0.2, 0.25) is 15.9 Å². The van der Waals surface area contributed by atoms with E-state index in [-0.39, 0.29) is 23.8 Å². The monoisotopic (exact) mass is 488 g/mol. The van der Waals surface area contributed by atoms with Gasteiger partial charge in [-0.1, -0.05) is 29.8 Å². The first-order valence-electron chi connectivity index (χ1n) is 10.8. The molecule has 182 valence electrons. The first-order chi connectivity index (χ1) is 16.2. The van der Waals surface area contributed by atoms with Crippen LogP contribution in [0.2, 0.25) is 0 Å². The molecule has 1 heterocycles. The maximum absolute atomic E-state index is 12.9. The predicted octanol–water partition coefficient (Wildman–Crippen LogP) is 0.604. The molecule has 0 bridgehead atoms. The van der Waals surface area contributed by atoms with Crippen LogP contribution in [0.5, 0.6) is 0 Å². The van der Waals surface area contributed by atoms with E-state index >= 15 is 0 Å². The number of nitrogens with one attached hydrogen (secondary N) is 3. The lowest BCUT2D eigenvalue weighted by atomic mass is 10.1. The summed E-state index contributed by atoms with van der Waals surface area (Å²) in [5.74, 6) is -2.09. The van der Waals surface area contributed by atoms with Crippen molar-refractivity contribution < 1.29 is 27.5 Å². The summed E-state index contributed by atoms with van der Waals surface area (Å²) < 4.78 is 33.2. The molecule has 0 aliphatic carbocycles. The van der Waals surface area contributed by atoms with E-state index in [2.05, 4.69) is 15.4 Å². The number of ether oxygens (including phenoxy) is 1. The molecule has 2 atom stereocenters. The molecule has 1 aliphatic heterocycles. The van der Waals surface area contributed by atoms with Gasteiger partial charge in [-0.2, -0.15) is 4.72 Å². The van der Waals surface area contributed by atoms with Crippen LogP contribution < -0.4 is 21.1 Å². The van der Waals surface area contributed by atoms with Crippen LogP contribution in [0.15, 0.2) is 53.4 Å². The number of hydrogen-bond acceptors (Lipinski definition) is 8. The predicted molar refractivity (Wildman–Crippen MR) is 125 cm³/mol. The molecule has 1 fully saturated rings. The van der Waals surface area contributed by atoms with E-state index in [4.69, 9.17) is 10.5 Å². The van der Waals surface area contributed by atoms with Gasteiger partial charge in [-0.05, 0) is 62.6 Å². The highest BCUT2D eigenvalue weighted by Gasteiger charge is 2.32. The van der Waals surface area contributed by atoms with E-state index in [1.54, 1.807) is 36.4 Å². The maximum atomic E-state index is 12.9. The summed E-state index contributed by atoms with van der Waals surface area (Å²) in [6, 6.07) is 10.7. The first kappa shape index (κ1) is 25.5. The van der Waals surface area contributed by atoms with Gasteiger partial charge in [-0.3, -0.25) is 4.79 Å². The summed E-state index contributed by atoms with van der Waals surface area (Å²) in [6.07, 6.45) is 1.26. The minimum Gasteiger partial charge on any atom is -0.391 e. The Morgan fingerprint density at radius 3 is 2.38 bits per heavy atom. The molecule has 1 amide bonds. The maximum Gasteiger partial charge on any atom is 0.332 e. The molecule has 0 unspecified atom stereocenters. The van der Waals surface area contributed by atoms with Gasteiger partial charge in [-0.15, -0.1) is 0 Å². The van der Waals surface area contributed by atoms with Crippen molar-refractivity contribution in [1.29, 1.82) is 0 Å². The Hall–Kier alpha value is -3.12. The normalized spacial score (nSPS) is 16.6. The zero-order valence-corrected chi connectivity index (χ0v) is 19.6. The molecule has 1 aliphatic rings. The molecule has 0 saturated carbocycles. The second kappa shape index (κ2) is 11.3. The fraction of sp³-hybridized carbons (Fsp3) is 0.348. The summed E-state index contributed by atoms with van der Waals surface area (Å²) in [6.45, 7) is 2.30. The molecule has 0 spiro atoms. The first-order valence-corrected chi connectivity index (χ1v) is 12.3. The van der Waals surface area contributed by atoms with Crippen LogP contribution >= 0.6 is 0 Å². The topological polar surface area (TPSA) is 157 Å². The molecule has 10 nitrogen and oxygen atoms in total. The summed E-state index contributed by atoms with van der Waals surface area (Å²) >= 11 is 0. The van der Waals surface area contributed by atoms with Crippen molar-refractivity contribution in [3.63, 3.8) is 0 Å². The molecule has 2 aromatic carbocycles. The Labute approximate surface area is 198 Å². The van der Waals surface area contributed by atoms with Crippen molar-refractivity contribution in [2.24, 2.45) is 5.73 Å². The van der Waals surface area contributed by atoms with E-state index in [9.17, 15) is 22.8 Å². The zero-order chi connectivity index (χ0) is 24.7. The Balaban J connectivity index is 1.79. The lowest BCUT2D eigenvalue weighted by Gasteiger charge is -2.19. The third kappa shape index (κ3) is 6.94. The lowest BCUT2D eigenvalue weighted by molar-refractivity contribution is -0.162. The summed E-state index contributed by atoms with van der Waals surface area (Å²) in [5, 5.41) is 5.55. The summed E-state index contributed by atoms with van der Waals surface area (Å²) in [7, 11) is -4.07. The average molecular weight is 489 g/mol. The molecule has 11 heteroatoms. The number of sulfonamides is 1. The number of hydrogen-bond donors (Lipinski definition) is 4. The summed E-state index contributed by atoms with van der Waals surface area (Å²) in [4.78, 5) is 36.6. The number of aryl methyl sites for hydroxylation is 1. The van der Waals surface area contributed by atoms with Gasteiger partial charge < -0.3 is 21.1 Å². The third-order valence-electron chi connectivity index (χ3n) is 5.32. The number of rotatable bonds is 9. The molecule has 0 aromatic heterocycles. The van der Waals surface area contributed by atoms with Gasteiger partial charge in [0.15, 0.2) is 0 Å². The number of amides is 1. The number of nitrogens with two attached hydrogens (primary N) is 1. The smallest absolute Gasteiger partial charge is 0.332 e. The molecular formula is C23H28N4O6S. The number of benzene rings is 2. The summed E-state index contributed by atoms with van der Waals surface area (Å²) in [5.41, 5.74) is 7.26. The Morgan fingerprint density at radius 2 is 1.79 bits per heavy atom. The molecule has 3 rings (SSSR count). The van der Waals surface area contributed by atoms with E-state index in [0.717, 1.165) is 12.0 Å². The minimum atomic E-state index is -4.07. The molecule has 0 radical (unpaired) electrons. The molecule has 5 N–H and O–H groups in total. The van der Waals surface area contributed by atoms with Crippen LogP contribution in [-0.4, -0.2) is 51.4 Å². The Bertz CT molecular complexity index is 1130. The fourth-order valence-electron chi connectivity index (χ4n) is 3.44. The van der Waals surface area contributed by atoms with Crippen LogP contribution in [0.25, 0.3) is 0 Å². The van der Waals surface area contributed by atoms with Crippen LogP contribution in [-0.2, 0) is 35.6 Å². The third-order valence-corrected chi connectivity index (χ3v) is 6.81. The highest BCUT2D eigenvalue weighted by molar-refractivity contribution is 7.89. The van der Waals surface area contributed by atoms with Crippen LogP contribution in [0, 0.1) is 6.92 Å². The Kier molecular flexibility index (Phi) is 8.51. The second-order valence-corrected chi connectivity index (χ2v) is 9.74. The van der Waals surface area contributed by atoms with Gasteiger partial charge in [-0.25, -0.2) is 18.0 Å². The number of carbonyl (C=O) groups is 3. The van der Waals surface area contributed by atoms with Gasteiger partial charge >= 0.3 is 11.9 Å². The molecule has 2 aromatic rings. The van der Waals surface area contributed by atoms with Gasteiger partial charge in [0.05, 0.1) is 11.4 Å². The molecule has 1 saturated heterocycles. The van der Waals surface area contributed by atoms with Crippen molar-refractivity contribution in [3.05, 3.63) is 59.7 Å². The van der Waals surface area contributed by atoms with E-state index < -0.39 is 34.0 Å². The molecular weight excluding hydrogens is 460 g/mol. The highest BCUT2D eigenvalue weighted by atomic mass is 32.2. The SMILES string of the molecule is Cc1ccc(S(=O)(=O)N[C@@H](Cc2ccc(NC(=O)CN)cc2)C(=O)OC(=O)[C@@H]2CCCN2)cc1. The van der Waals surface area contributed by atoms with Gasteiger partial charge in [0.1, 0.15) is 12.1 Å². The zero-order valence-electron chi connectivity index (χ0n) is 18.7. The van der Waals surface area contributed by atoms with Gasteiger partial charge in [0, 0.05) is 5.69 Å². The quantitative estimate of drug-likeness (QED) is 0.295. The van der Waals surface area contributed by atoms with Crippen LogP contribution in [0.4, 0.5) is 5.69 Å². The number of anilines is 1. The second-order valence-electron chi connectivity index (χ2n) is 8.03. The largest absolute Gasteiger partial charge is 0.391 e. The average Bonchev–Trinajstić information content (AvgIpc) is 3.35. The number of carbonyl (C=O) groups excluding carboxylic acids is 3. The lowest BCUT2D eigenvalue weighted by Crippen LogP contribution is -2.45. The molecule has 34 heavy (non-hydrogen) atoms. The minimum absolute atomic E-state index is 0.0143. The van der Waals surface area contributed by atoms with E-state index in [1.165, 1.54) is 12.1 Å². The van der Waals surface area contributed by atoms with E-state index in [1.807, 2.05) is 6.92 Å². The standard InChI is InChI=1S/C23H28N4O6S/c1-15-4-10-18(11-5-15)34(31,32)27-20(23(30)33-22(29)19-3-2-12-25-19)13-16-6-8-17(9-7-16)26-21(28)14-24/h4-11,19-20,25,27H,2-3,12-14,24H2,1H3,(H,26,28)/t19-,20-/m0/s1. The fourth-order valence-corrected chi connectivity index (χ4v) is 4.63. The van der Waals surface area contributed by atoms with Crippen molar-refractivity contribution in [2.45, 2.75) is 43.2 Å². The van der Waals surface area contributed by atoms with Crippen LogP contribution in [0.1, 0.15) is 24.0 Å². The van der Waals surface area contributed by atoms with Crippen molar-refractivity contribution >= 4 is 33.6 Å². The number of esters is 2. The van der Waals surface area contributed by atoms with Gasteiger partial charge in [0.25, 0.3) is 0 Å². The van der Waals surface area contributed by atoms with Crippen LogP contribution in [0.3, 0.4) is 0 Å². The van der Waals surface area contributed by atoms with Crippen molar-refractivity contribution in [1.82, 2.24) is 10.0 Å². The van der Waals surface area contributed by atoms with Crippen molar-refractivity contribution in [2.75, 3.05) is 18.4 Å². The van der Waals surface area contributed by atoms with Crippen molar-refractivity contribution in [3.8, 4) is 0 Å². The Morgan fingerprint density at radius 1 is 1.12 bits per heavy atom. The van der Waals surface area contributed by atoms with E-state index in [0.29, 0.717) is 24.2 Å².